The summed E-state index contributed by atoms with van der Waals surface area (Å²) in [7, 11) is 0. The minimum absolute atomic E-state index is 0.0185. The van der Waals surface area contributed by atoms with Gasteiger partial charge in [0.05, 0.1) is 17.4 Å². The lowest BCUT2D eigenvalue weighted by molar-refractivity contribution is -0.138. The molecule has 1 aliphatic carbocycles. The molecule has 1 saturated carbocycles. The molecule has 1 aromatic heterocycles. The quantitative estimate of drug-likeness (QED) is 0.845. The van der Waals surface area contributed by atoms with Crippen LogP contribution in [-0.4, -0.2) is 16.6 Å². The predicted octanol–water partition coefficient (Wildman–Crippen LogP) is 3.70. The first-order valence-electron chi connectivity index (χ1n) is 7.87. The zero-order chi connectivity index (χ0) is 17.2. The maximum atomic E-state index is 13.0. The third kappa shape index (κ3) is 3.60. The molecule has 1 aromatic carbocycles. The molecule has 1 unspecified atom stereocenters. The van der Waals surface area contributed by atoms with E-state index in [0.29, 0.717) is 6.54 Å². The molecular weight excluding hydrogens is 317 g/mol. The Morgan fingerprint density at radius 1 is 1.12 bits per heavy atom. The lowest BCUT2D eigenvalue weighted by Gasteiger charge is -2.23. The topological polar surface area (TPSA) is 45.1 Å². The Bertz CT molecular complexity index is 684. The van der Waals surface area contributed by atoms with Crippen molar-refractivity contribution in [2.75, 3.05) is 6.54 Å². The Labute approximate surface area is 138 Å². The molecule has 128 valence electrons. The fourth-order valence-corrected chi connectivity index (χ4v) is 2.96. The molecule has 0 radical (unpaired) electrons. The van der Waals surface area contributed by atoms with Crippen molar-refractivity contribution in [3.63, 3.8) is 0 Å². The molecule has 3 rings (SSSR count). The van der Waals surface area contributed by atoms with E-state index in [4.69, 9.17) is 0 Å². The molecule has 0 saturated heterocycles. The maximum Gasteiger partial charge on any atom is 0.418 e. The van der Waals surface area contributed by atoms with Gasteiger partial charge in [-0.2, -0.15) is 13.2 Å². The zero-order valence-electron chi connectivity index (χ0n) is 13.1. The van der Waals surface area contributed by atoms with E-state index in [1.165, 1.54) is 12.3 Å². The van der Waals surface area contributed by atoms with Gasteiger partial charge in [-0.1, -0.05) is 30.3 Å². The average molecular weight is 336 g/mol. The fraction of sp³-hybridized carbons (Fsp3) is 0.389. The van der Waals surface area contributed by atoms with Crippen LogP contribution in [0.5, 0.6) is 0 Å². The summed E-state index contributed by atoms with van der Waals surface area (Å²) in [4.78, 5) is 3.84. The highest BCUT2D eigenvalue weighted by Crippen LogP contribution is 2.54. The number of aromatic nitrogens is 1. The highest BCUT2D eigenvalue weighted by molar-refractivity contribution is 5.24. The second kappa shape index (κ2) is 6.53. The molecule has 1 fully saturated rings. The van der Waals surface area contributed by atoms with E-state index < -0.39 is 17.8 Å². The van der Waals surface area contributed by atoms with Crippen molar-refractivity contribution in [1.82, 2.24) is 10.3 Å². The van der Waals surface area contributed by atoms with E-state index in [-0.39, 0.29) is 17.7 Å². The molecule has 2 N–H and O–H groups in total. The number of rotatable bonds is 6. The van der Waals surface area contributed by atoms with Crippen molar-refractivity contribution in [2.45, 2.75) is 31.7 Å². The highest BCUT2D eigenvalue weighted by Gasteiger charge is 2.49. The smallest absolute Gasteiger partial charge is 0.388 e. The summed E-state index contributed by atoms with van der Waals surface area (Å²) in [6, 6.07) is 11.7. The Hall–Kier alpha value is -1.92. The Morgan fingerprint density at radius 3 is 2.46 bits per heavy atom. The normalized spacial score (nSPS) is 17.5. The summed E-state index contributed by atoms with van der Waals surface area (Å²) in [5.41, 5.74) is -0.194. The third-order valence-corrected chi connectivity index (χ3v) is 4.55. The summed E-state index contributed by atoms with van der Waals surface area (Å²) in [5, 5.41) is 13.6. The van der Waals surface area contributed by atoms with E-state index in [2.05, 4.69) is 10.3 Å². The second-order valence-electron chi connectivity index (χ2n) is 6.27. The van der Waals surface area contributed by atoms with Crippen LogP contribution in [0.25, 0.3) is 0 Å². The molecule has 0 spiro atoms. The number of hydrogen-bond acceptors (Lipinski definition) is 3. The van der Waals surface area contributed by atoms with Crippen molar-refractivity contribution < 1.29 is 18.3 Å². The van der Waals surface area contributed by atoms with Gasteiger partial charge in [-0.05, 0) is 30.5 Å². The van der Waals surface area contributed by atoms with Gasteiger partial charge in [0, 0.05) is 24.7 Å². The predicted molar refractivity (Wildman–Crippen MR) is 84.0 cm³/mol. The van der Waals surface area contributed by atoms with Gasteiger partial charge in [0.25, 0.3) is 0 Å². The van der Waals surface area contributed by atoms with Gasteiger partial charge in [-0.15, -0.1) is 0 Å². The van der Waals surface area contributed by atoms with E-state index in [9.17, 15) is 18.3 Å². The molecule has 24 heavy (non-hydrogen) atoms. The van der Waals surface area contributed by atoms with Crippen molar-refractivity contribution in [1.29, 1.82) is 0 Å². The molecule has 0 amide bonds. The standard InChI is InChI=1S/C18H19F3N2O/c19-18(20,21)14-7-4-10-23-15(14)11-22-12-17(8-9-17)16(24)13-5-2-1-3-6-13/h1-7,10,16,22,24H,8-9,11-12H2. The first-order chi connectivity index (χ1) is 11.4. The van der Waals surface area contributed by atoms with Crippen molar-refractivity contribution in [3.05, 3.63) is 65.5 Å². The van der Waals surface area contributed by atoms with E-state index >= 15 is 0 Å². The van der Waals surface area contributed by atoms with E-state index in [1.54, 1.807) is 0 Å². The lowest BCUT2D eigenvalue weighted by atomic mass is 9.92. The number of nitrogens with one attached hydrogen (secondary N) is 1. The first-order valence-corrected chi connectivity index (χ1v) is 7.87. The number of nitrogens with zero attached hydrogens (tertiary/aromatic N) is 1. The van der Waals surface area contributed by atoms with Crippen LogP contribution in [0.15, 0.2) is 48.7 Å². The molecule has 0 bridgehead atoms. The Balaban J connectivity index is 1.63. The fourth-order valence-electron chi connectivity index (χ4n) is 2.96. The van der Waals surface area contributed by atoms with Crippen LogP contribution in [0.3, 0.4) is 0 Å². The summed E-state index contributed by atoms with van der Waals surface area (Å²) in [6.07, 6.45) is -1.96. The molecule has 2 aromatic rings. The van der Waals surface area contributed by atoms with Gasteiger partial charge in [0.2, 0.25) is 0 Å². The number of aliphatic hydroxyl groups is 1. The molecule has 3 nitrogen and oxygen atoms in total. The number of alkyl halides is 3. The summed E-state index contributed by atoms with van der Waals surface area (Å²) in [6.45, 7) is 0.482. The van der Waals surface area contributed by atoms with Gasteiger partial charge >= 0.3 is 6.18 Å². The number of benzene rings is 1. The lowest BCUT2D eigenvalue weighted by Crippen LogP contribution is -2.29. The SMILES string of the molecule is OC(c1ccccc1)C1(CNCc2ncccc2C(F)(F)F)CC1. The molecule has 1 aliphatic rings. The second-order valence-corrected chi connectivity index (χ2v) is 6.27. The van der Waals surface area contributed by atoms with Crippen LogP contribution in [0.2, 0.25) is 0 Å². The van der Waals surface area contributed by atoms with Gasteiger partial charge in [-0.25, -0.2) is 0 Å². The van der Waals surface area contributed by atoms with Gasteiger partial charge < -0.3 is 10.4 Å². The van der Waals surface area contributed by atoms with Crippen molar-refractivity contribution in [3.8, 4) is 0 Å². The third-order valence-electron chi connectivity index (χ3n) is 4.55. The van der Waals surface area contributed by atoms with Crippen LogP contribution >= 0.6 is 0 Å². The molecule has 1 atom stereocenters. The first kappa shape index (κ1) is 16.9. The maximum absolute atomic E-state index is 13.0. The minimum Gasteiger partial charge on any atom is -0.388 e. The van der Waals surface area contributed by atoms with Crippen molar-refractivity contribution in [2.24, 2.45) is 5.41 Å². The van der Waals surface area contributed by atoms with E-state index in [0.717, 1.165) is 24.5 Å². The summed E-state index contributed by atoms with van der Waals surface area (Å²) in [5.74, 6) is 0. The average Bonchev–Trinajstić information content (AvgIpc) is 3.35. The molecule has 6 heteroatoms. The van der Waals surface area contributed by atoms with Gasteiger partial charge in [0.15, 0.2) is 0 Å². The van der Waals surface area contributed by atoms with E-state index in [1.807, 2.05) is 30.3 Å². The van der Waals surface area contributed by atoms with Crippen LogP contribution < -0.4 is 5.32 Å². The minimum atomic E-state index is -4.41. The zero-order valence-corrected chi connectivity index (χ0v) is 13.1. The number of aliphatic hydroxyl groups excluding tert-OH is 1. The van der Waals surface area contributed by atoms with Crippen molar-refractivity contribution >= 4 is 0 Å². The molecule has 1 heterocycles. The number of halogens is 3. The number of pyridine rings is 1. The largest absolute Gasteiger partial charge is 0.418 e. The van der Waals surface area contributed by atoms with Crippen LogP contribution in [0.4, 0.5) is 13.2 Å². The van der Waals surface area contributed by atoms with Crippen LogP contribution in [0, 0.1) is 5.41 Å². The van der Waals surface area contributed by atoms with Gasteiger partial charge in [-0.3, -0.25) is 4.98 Å². The summed E-state index contributed by atoms with van der Waals surface area (Å²) >= 11 is 0. The summed E-state index contributed by atoms with van der Waals surface area (Å²) < 4.78 is 38.9. The Kier molecular flexibility index (Phi) is 4.60. The Morgan fingerprint density at radius 2 is 1.83 bits per heavy atom. The van der Waals surface area contributed by atoms with Crippen LogP contribution in [0.1, 0.15) is 35.8 Å². The monoisotopic (exact) mass is 336 g/mol. The molecular formula is C18H19F3N2O. The van der Waals surface area contributed by atoms with Crippen LogP contribution in [-0.2, 0) is 12.7 Å². The highest BCUT2D eigenvalue weighted by atomic mass is 19.4. The molecule has 0 aliphatic heterocycles. The number of hydrogen-bond donors (Lipinski definition) is 2. The van der Waals surface area contributed by atoms with Gasteiger partial charge in [0.1, 0.15) is 0 Å².